The molecule has 1 N–H and O–H groups in total. The smallest absolute Gasteiger partial charge is 0.121 e. The van der Waals surface area contributed by atoms with Crippen molar-refractivity contribution in [2.45, 2.75) is 53.9 Å². The lowest BCUT2D eigenvalue weighted by atomic mass is 10.0. The van der Waals surface area contributed by atoms with Gasteiger partial charge >= 0.3 is 0 Å². The Morgan fingerprint density at radius 3 is 2.32 bits per heavy atom. The van der Waals surface area contributed by atoms with Crippen LogP contribution in [0.4, 0.5) is 0 Å². The number of hydrogen-bond donors (Lipinski definition) is 1. The zero-order chi connectivity index (χ0) is 14.3. The van der Waals surface area contributed by atoms with Crippen molar-refractivity contribution < 1.29 is 0 Å². The first kappa shape index (κ1) is 14.9. The summed E-state index contributed by atoms with van der Waals surface area (Å²) in [7, 11) is 0. The summed E-state index contributed by atoms with van der Waals surface area (Å²) in [6.07, 6.45) is 0.998. The number of nitrogens with zero attached hydrogens (tertiary/aromatic N) is 2. The van der Waals surface area contributed by atoms with Crippen LogP contribution >= 0.6 is 11.3 Å². The molecule has 0 unspecified atom stereocenters. The van der Waals surface area contributed by atoms with Crippen LogP contribution in [0.15, 0.2) is 0 Å². The van der Waals surface area contributed by atoms with Crippen LogP contribution < -0.4 is 5.32 Å². The van der Waals surface area contributed by atoms with Crippen LogP contribution in [0.1, 0.15) is 57.5 Å². The first-order valence-corrected chi connectivity index (χ1v) is 8.11. The van der Waals surface area contributed by atoms with E-state index in [9.17, 15) is 0 Å². The van der Waals surface area contributed by atoms with Gasteiger partial charge in [0.05, 0.1) is 0 Å². The number of hydrogen-bond acceptors (Lipinski definition) is 4. The van der Waals surface area contributed by atoms with E-state index in [-0.39, 0.29) is 0 Å². The maximum absolute atomic E-state index is 4.42. The summed E-state index contributed by atoms with van der Waals surface area (Å²) in [5.41, 5.74) is 0.722. The van der Waals surface area contributed by atoms with Gasteiger partial charge in [0.25, 0.3) is 0 Å². The van der Waals surface area contributed by atoms with Crippen molar-refractivity contribution in [3.05, 3.63) is 10.0 Å². The van der Waals surface area contributed by atoms with Gasteiger partial charge in [-0.05, 0) is 23.3 Å². The summed E-state index contributed by atoms with van der Waals surface area (Å²) in [6.45, 7) is 15.9. The summed E-state index contributed by atoms with van der Waals surface area (Å²) in [5.74, 6) is 1.29. The van der Waals surface area contributed by atoms with Crippen molar-refractivity contribution in [3.8, 4) is 0 Å². The molecule has 1 heterocycles. The van der Waals surface area contributed by atoms with E-state index in [2.05, 4.69) is 57.1 Å². The van der Waals surface area contributed by atoms with E-state index in [0.29, 0.717) is 22.7 Å². The summed E-state index contributed by atoms with van der Waals surface area (Å²) in [5, 5.41) is 14.6. The first-order chi connectivity index (χ1) is 8.76. The van der Waals surface area contributed by atoms with Crippen LogP contribution in [0.2, 0.25) is 0 Å². The maximum Gasteiger partial charge on any atom is 0.121 e. The van der Waals surface area contributed by atoms with Crippen molar-refractivity contribution in [3.63, 3.8) is 0 Å². The van der Waals surface area contributed by atoms with Crippen molar-refractivity contribution in [2.75, 3.05) is 13.1 Å². The maximum atomic E-state index is 4.42. The average Bonchev–Trinajstić information content (AvgIpc) is 2.66. The molecule has 1 aromatic rings. The van der Waals surface area contributed by atoms with Crippen LogP contribution in [-0.4, -0.2) is 23.3 Å². The van der Waals surface area contributed by atoms with Crippen LogP contribution in [-0.2, 0) is 6.42 Å². The van der Waals surface area contributed by atoms with Crippen molar-refractivity contribution >= 4 is 11.3 Å². The molecule has 1 aliphatic carbocycles. The molecule has 0 spiro atoms. The third kappa shape index (κ3) is 2.84. The Morgan fingerprint density at radius 1 is 1.16 bits per heavy atom. The fourth-order valence-corrected chi connectivity index (χ4v) is 4.20. The van der Waals surface area contributed by atoms with Crippen LogP contribution in [0, 0.1) is 16.7 Å². The molecule has 1 aliphatic rings. The van der Waals surface area contributed by atoms with Gasteiger partial charge in [-0.1, -0.05) is 41.5 Å². The fourth-order valence-electron chi connectivity index (χ4n) is 2.88. The lowest BCUT2D eigenvalue weighted by Crippen LogP contribution is -2.22. The van der Waals surface area contributed by atoms with Gasteiger partial charge in [0, 0.05) is 18.9 Å². The normalized spacial score (nSPS) is 21.0. The molecule has 1 fully saturated rings. The summed E-state index contributed by atoms with van der Waals surface area (Å²) < 4.78 is 0. The number of nitrogens with one attached hydrogen (secondary N) is 1. The Hall–Kier alpha value is -0.480. The summed E-state index contributed by atoms with van der Waals surface area (Å²) in [6, 6.07) is 0. The minimum Gasteiger partial charge on any atom is -0.316 e. The SMILES string of the molecule is CC(C)CNCCc1nnc(C2C(C)(C)C2(C)C)s1. The summed E-state index contributed by atoms with van der Waals surface area (Å²) >= 11 is 1.80. The highest BCUT2D eigenvalue weighted by atomic mass is 32.1. The lowest BCUT2D eigenvalue weighted by molar-refractivity contribution is 0.457. The zero-order valence-corrected chi connectivity index (χ0v) is 13.9. The summed E-state index contributed by atoms with van der Waals surface area (Å²) in [4.78, 5) is 0. The topological polar surface area (TPSA) is 37.8 Å². The second-order valence-corrected chi connectivity index (χ2v) is 8.35. The van der Waals surface area contributed by atoms with Crippen molar-refractivity contribution in [1.82, 2.24) is 15.5 Å². The van der Waals surface area contributed by atoms with Gasteiger partial charge in [0.1, 0.15) is 10.0 Å². The Labute approximate surface area is 121 Å². The predicted octanol–water partition coefficient (Wildman–Crippen LogP) is 3.48. The quantitative estimate of drug-likeness (QED) is 0.811. The first-order valence-electron chi connectivity index (χ1n) is 7.30. The molecular formula is C15H27N3S. The molecule has 0 aliphatic heterocycles. The van der Waals surface area contributed by atoms with Crippen molar-refractivity contribution in [2.24, 2.45) is 16.7 Å². The van der Waals surface area contributed by atoms with E-state index in [1.54, 1.807) is 11.3 Å². The molecule has 0 atom stereocenters. The Kier molecular flexibility index (Phi) is 4.03. The number of aromatic nitrogens is 2. The highest BCUT2D eigenvalue weighted by molar-refractivity contribution is 7.11. The predicted molar refractivity (Wildman–Crippen MR) is 81.6 cm³/mol. The largest absolute Gasteiger partial charge is 0.316 e. The Balaban J connectivity index is 1.87. The van der Waals surface area contributed by atoms with Crippen LogP contribution in [0.3, 0.4) is 0 Å². The molecule has 3 nitrogen and oxygen atoms in total. The third-order valence-electron chi connectivity index (χ3n) is 4.82. The Bertz CT molecular complexity index is 420. The minimum atomic E-state index is 0.361. The van der Waals surface area contributed by atoms with Gasteiger partial charge in [0.15, 0.2) is 0 Å². The molecule has 2 rings (SSSR count). The minimum absolute atomic E-state index is 0.361. The number of rotatable bonds is 6. The molecule has 0 radical (unpaired) electrons. The second kappa shape index (κ2) is 5.13. The monoisotopic (exact) mass is 281 g/mol. The van der Waals surface area contributed by atoms with Gasteiger partial charge < -0.3 is 5.32 Å². The highest BCUT2D eigenvalue weighted by Gasteiger charge is 2.66. The molecule has 19 heavy (non-hydrogen) atoms. The van der Waals surface area contributed by atoms with Gasteiger partial charge in [-0.2, -0.15) is 0 Å². The van der Waals surface area contributed by atoms with Gasteiger partial charge in [-0.25, -0.2) is 0 Å². The molecule has 4 heteroatoms. The molecule has 108 valence electrons. The zero-order valence-electron chi connectivity index (χ0n) is 13.1. The molecule has 1 aromatic heterocycles. The van der Waals surface area contributed by atoms with E-state index in [1.165, 1.54) is 10.0 Å². The second-order valence-electron chi connectivity index (χ2n) is 7.26. The molecule has 0 saturated heterocycles. The van der Waals surface area contributed by atoms with Crippen molar-refractivity contribution in [1.29, 1.82) is 0 Å². The molecular weight excluding hydrogens is 254 g/mol. The van der Waals surface area contributed by atoms with Crippen LogP contribution in [0.25, 0.3) is 0 Å². The van der Waals surface area contributed by atoms with Gasteiger partial charge in [-0.15, -0.1) is 21.5 Å². The van der Waals surface area contributed by atoms with Gasteiger partial charge in [0.2, 0.25) is 0 Å². The van der Waals surface area contributed by atoms with E-state index in [0.717, 1.165) is 19.5 Å². The van der Waals surface area contributed by atoms with Crippen LogP contribution in [0.5, 0.6) is 0 Å². The van der Waals surface area contributed by atoms with E-state index < -0.39 is 0 Å². The fraction of sp³-hybridized carbons (Fsp3) is 0.867. The van der Waals surface area contributed by atoms with E-state index in [1.807, 2.05) is 0 Å². The lowest BCUT2D eigenvalue weighted by Gasteiger charge is -2.05. The van der Waals surface area contributed by atoms with E-state index >= 15 is 0 Å². The highest BCUT2D eigenvalue weighted by Crippen LogP contribution is 2.73. The Morgan fingerprint density at radius 2 is 1.79 bits per heavy atom. The average molecular weight is 281 g/mol. The third-order valence-corrected chi connectivity index (χ3v) is 5.87. The molecule has 0 aromatic carbocycles. The molecule has 1 saturated carbocycles. The van der Waals surface area contributed by atoms with Gasteiger partial charge in [-0.3, -0.25) is 0 Å². The molecule has 0 bridgehead atoms. The van der Waals surface area contributed by atoms with E-state index in [4.69, 9.17) is 0 Å². The standard InChI is InChI=1S/C15H27N3S/c1-10(2)9-16-8-7-11-17-18-13(19-11)12-14(3,4)15(12,5)6/h10,12,16H,7-9H2,1-6H3. The molecule has 0 amide bonds.